The highest BCUT2D eigenvalue weighted by molar-refractivity contribution is 7.10. The van der Waals surface area contributed by atoms with Crippen LogP contribution in [0.2, 0.25) is 0 Å². The van der Waals surface area contributed by atoms with Gasteiger partial charge in [0.2, 0.25) is 11.8 Å². The molecule has 1 aromatic heterocycles. The Balaban J connectivity index is 1.53. The SMILES string of the molecule is COc1cc2c(cc1OC)C(c1cccs1)N(C(=O)CNC(=O)CC1CCCC1)CC2. The Hall–Kier alpha value is -2.54. The van der Waals surface area contributed by atoms with Crippen LogP contribution in [0.25, 0.3) is 0 Å². The van der Waals surface area contributed by atoms with Crippen LogP contribution in [0.5, 0.6) is 11.5 Å². The molecule has 2 aromatic rings. The average Bonchev–Trinajstić information content (AvgIpc) is 3.50. The van der Waals surface area contributed by atoms with E-state index < -0.39 is 0 Å². The summed E-state index contributed by atoms with van der Waals surface area (Å²) in [6, 6.07) is 7.86. The second-order valence-corrected chi connectivity index (χ2v) is 9.27. The van der Waals surface area contributed by atoms with Gasteiger partial charge < -0.3 is 19.7 Å². The molecule has 2 heterocycles. The molecule has 1 atom stereocenters. The van der Waals surface area contributed by atoms with E-state index in [-0.39, 0.29) is 24.4 Å². The van der Waals surface area contributed by atoms with Crippen LogP contribution in [-0.2, 0) is 16.0 Å². The van der Waals surface area contributed by atoms with Crippen molar-refractivity contribution in [3.05, 3.63) is 45.6 Å². The maximum atomic E-state index is 13.2. The van der Waals surface area contributed by atoms with Gasteiger partial charge >= 0.3 is 0 Å². The van der Waals surface area contributed by atoms with Crippen LogP contribution >= 0.6 is 11.3 Å². The van der Waals surface area contributed by atoms with Crippen molar-refractivity contribution in [3.8, 4) is 11.5 Å². The van der Waals surface area contributed by atoms with Crippen molar-refractivity contribution in [2.24, 2.45) is 5.92 Å². The molecule has 6 nitrogen and oxygen atoms in total. The summed E-state index contributed by atoms with van der Waals surface area (Å²) in [7, 11) is 3.25. The Morgan fingerprint density at radius 1 is 1.16 bits per heavy atom. The third-order valence-corrected chi connectivity index (χ3v) is 7.32. The van der Waals surface area contributed by atoms with E-state index in [1.165, 1.54) is 12.8 Å². The van der Waals surface area contributed by atoms with Crippen molar-refractivity contribution in [1.29, 1.82) is 0 Å². The molecule has 2 aliphatic rings. The Bertz CT molecular complexity index is 922. The predicted molar refractivity (Wildman–Crippen MR) is 121 cm³/mol. The first-order valence-electron chi connectivity index (χ1n) is 10.9. The standard InChI is InChI=1S/C24H30N2O4S/c1-29-19-13-17-9-10-26(23(28)15-25-22(27)12-16-6-3-4-7-16)24(21-8-5-11-31-21)18(17)14-20(19)30-2/h5,8,11,13-14,16,24H,3-4,6-7,9-10,12,15H2,1-2H3,(H,25,27). The summed E-state index contributed by atoms with van der Waals surface area (Å²) in [6.07, 6.45) is 5.93. The molecule has 7 heteroatoms. The first-order chi connectivity index (χ1) is 15.1. The van der Waals surface area contributed by atoms with Crippen molar-refractivity contribution in [2.75, 3.05) is 27.3 Å². The van der Waals surface area contributed by atoms with E-state index in [0.717, 1.165) is 35.3 Å². The van der Waals surface area contributed by atoms with Crippen molar-refractivity contribution < 1.29 is 19.1 Å². The molecule has 2 amide bonds. The van der Waals surface area contributed by atoms with Crippen molar-refractivity contribution >= 4 is 23.2 Å². The molecule has 1 aliphatic heterocycles. The Kier molecular flexibility index (Phi) is 6.80. The van der Waals surface area contributed by atoms with Gasteiger partial charge in [0, 0.05) is 17.8 Å². The molecule has 1 aromatic carbocycles. The van der Waals surface area contributed by atoms with Crippen LogP contribution in [0.4, 0.5) is 0 Å². The number of hydrogen-bond donors (Lipinski definition) is 1. The lowest BCUT2D eigenvalue weighted by molar-refractivity contribution is -0.134. The quantitative estimate of drug-likeness (QED) is 0.705. The summed E-state index contributed by atoms with van der Waals surface area (Å²) in [4.78, 5) is 28.5. The highest BCUT2D eigenvalue weighted by atomic mass is 32.1. The first kappa shape index (κ1) is 21.7. The van der Waals surface area contributed by atoms with Crippen molar-refractivity contribution in [2.45, 2.75) is 44.6 Å². The lowest BCUT2D eigenvalue weighted by Gasteiger charge is -2.37. The second kappa shape index (κ2) is 9.73. The zero-order valence-corrected chi connectivity index (χ0v) is 19.0. The van der Waals surface area contributed by atoms with Crippen LogP contribution < -0.4 is 14.8 Å². The zero-order chi connectivity index (χ0) is 21.8. The van der Waals surface area contributed by atoms with Crippen LogP contribution in [-0.4, -0.2) is 44.0 Å². The van der Waals surface area contributed by atoms with Crippen molar-refractivity contribution in [3.63, 3.8) is 0 Å². The molecule has 1 aliphatic carbocycles. The number of carbonyl (C=O) groups is 2. The summed E-state index contributed by atoms with van der Waals surface area (Å²) in [6.45, 7) is 0.637. The molecule has 0 saturated heterocycles. The fourth-order valence-corrected chi connectivity index (χ4v) is 5.65. The monoisotopic (exact) mass is 442 g/mol. The van der Waals surface area contributed by atoms with E-state index in [2.05, 4.69) is 11.4 Å². The number of fused-ring (bicyclic) bond motifs is 1. The largest absolute Gasteiger partial charge is 0.493 e. The van der Waals surface area contributed by atoms with E-state index in [0.29, 0.717) is 30.4 Å². The molecule has 4 rings (SSSR count). The van der Waals surface area contributed by atoms with Gasteiger partial charge in [-0.1, -0.05) is 18.9 Å². The maximum Gasteiger partial charge on any atom is 0.242 e. The van der Waals surface area contributed by atoms with E-state index in [1.807, 2.05) is 28.5 Å². The number of carbonyl (C=O) groups excluding carboxylic acids is 2. The molecule has 0 radical (unpaired) electrons. The van der Waals surface area contributed by atoms with Crippen LogP contribution in [0.1, 0.15) is 54.1 Å². The van der Waals surface area contributed by atoms with Crippen molar-refractivity contribution in [1.82, 2.24) is 10.2 Å². The molecular formula is C24H30N2O4S. The molecule has 31 heavy (non-hydrogen) atoms. The first-order valence-corrected chi connectivity index (χ1v) is 11.8. The molecule has 1 N–H and O–H groups in total. The number of methoxy groups -OCH3 is 2. The summed E-state index contributed by atoms with van der Waals surface area (Å²) < 4.78 is 11.0. The average molecular weight is 443 g/mol. The lowest BCUT2D eigenvalue weighted by Crippen LogP contribution is -2.45. The molecule has 1 unspecified atom stereocenters. The van der Waals surface area contributed by atoms with E-state index in [9.17, 15) is 9.59 Å². The van der Waals surface area contributed by atoms with Crippen LogP contribution in [0.15, 0.2) is 29.6 Å². The highest BCUT2D eigenvalue weighted by Gasteiger charge is 2.34. The number of amides is 2. The van der Waals surface area contributed by atoms with Gasteiger partial charge in [0.15, 0.2) is 11.5 Å². The van der Waals surface area contributed by atoms with Crippen LogP contribution in [0, 0.1) is 5.92 Å². The third kappa shape index (κ3) is 4.71. The fourth-order valence-electron chi connectivity index (χ4n) is 4.79. The number of rotatable bonds is 7. The lowest BCUT2D eigenvalue weighted by atomic mass is 9.90. The smallest absolute Gasteiger partial charge is 0.242 e. The summed E-state index contributed by atoms with van der Waals surface area (Å²) in [5.41, 5.74) is 2.21. The highest BCUT2D eigenvalue weighted by Crippen LogP contribution is 2.42. The molecule has 166 valence electrons. The summed E-state index contributed by atoms with van der Waals surface area (Å²) in [5.74, 6) is 1.75. The molecule has 1 saturated carbocycles. The third-order valence-electron chi connectivity index (χ3n) is 6.39. The number of ether oxygens (including phenoxy) is 2. The van der Waals surface area contributed by atoms with Gasteiger partial charge in [-0.2, -0.15) is 0 Å². The summed E-state index contributed by atoms with van der Waals surface area (Å²) in [5, 5.41) is 4.89. The Labute approximate surface area is 187 Å². The number of hydrogen-bond acceptors (Lipinski definition) is 5. The molecule has 1 fully saturated rings. The van der Waals surface area contributed by atoms with Gasteiger partial charge in [-0.3, -0.25) is 9.59 Å². The van der Waals surface area contributed by atoms with Gasteiger partial charge in [0.25, 0.3) is 0 Å². The fraction of sp³-hybridized carbons (Fsp3) is 0.500. The van der Waals surface area contributed by atoms with Gasteiger partial charge in [-0.25, -0.2) is 0 Å². The summed E-state index contributed by atoms with van der Waals surface area (Å²) >= 11 is 1.63. The molecule has 0 spiro atoms. The zero-order valence-electron chi connectivity index (χ0n) is 18.2. The van der Waals surface area contributed by atoms with E-state index >= 15 is 0 Å². The maximum absolute atomic E-state index is 13.2. The molecule has 0 bridgehead atoms. The number of nitrogens with one attached hydrogen (secondary N) is 1. The number of thiophene rings is 1. The number of nitrogens with zero attached hydrogens (tertiary/aromatic N) is 1. The predicted octanol–water partition coefficient (Wildman–Crippen LogP) is 3.94. The second-order valence-electron chi connectivity index (χ2n) is 8.29. The van der Waals surface area contributed by atoms with E-state index in [4.69, 9.17) is 9.47 Å². The van der Waals surface area contributed by atoms with Gasteiger partial charge in [-0.05, 0) is 59.9 Å². The minimum atomic E-state index is -0.192. The normalized spacial score (nSPS) is 18.5. The number of benzene rings is 1. The van der Waals surface area contributed by atoms with Gasteiger partial charge in [0.1, 0.15) is 0 Å². The van der Waals surface area contributed by atoms with Crippen LogP contribution in [0.3, 0.4) is 0 Å². The minimum Gasteiger partial charge on any atom is -0.493 e. The minimum absolute atomic E-state index is 0.0169. The van der Waals surface area contributed by atoms with Gasteiger partial charge in [-0.15, -0.1) is 11.3 Å². The Morgan fingerprint density at radius 3 is 2.58 bits per heavy atom. The topological polar surface area (TPSA) is 67.9 Å². The molecular weight excluding hydrogens is 412 g/mol. The van der Waals surface area contributed by atoms with E-state index in [1.54, 1.807) is 25.6 Å². The van der Waals surface area contributed by atoms with Gasteiger partial charge in [0.05, 0.1) is 26.8 Å². The Morgan fingerprint density at radius 2 is 1.90 bits per heavy atom.